The van der Waals surface area contributed by atoms with E-state index in [1.54, 1.807) is 23.1 Å². The molecule has 1 saturated heterocycles. The fourth-order valence-electron chi connectivity index (χ4n) is 3.67. The molecule has 3 aromatic rings. The Morgan fingerprint density at radius 2 is 1.81 bits per heavy atom. The quantitative estimate of drug-likeness (QED) is 0.347. The smallest absolute Gasteiger partial charge is 0.266 e. The summed E-state index contributed by atoms with van der Waals surface area (Å²) in [5, 5.41) is 2.83. The van der Waals surface area contributed by atoms with Crippen LogP contribution in [0.3, 0.4) is 0 Å². The maximum atomic E-state index is 13.0. The van der Waals surface area contributed by atoms with E-state index in [1.807, 2.05) is 60.7 Å². The van der Waals surface area contributed by atoms with Crippen LogP contribution in [-0.4, -0.2) is 34.4 Å². The van der Waals surface area contributed by atoms with E-state index in [0.29, 0.717) is 39.6 Å². The molecule has 1 fully saturated rings. The molecular formula is C27H22N2O5S2. The van der Waals surface area contributed by atoms with E-state index in [0.717, 1.165) is 16.7 Å². The third-order valence-electron chi connectivity index (χ3n) is 5.53. The number of hydrogen-bond donors (Lipinski definition) is 1. The van der Waals surface area contributed by atoms with Gasteiger partial charge in [-0.05, 0) is 47.0 Å². The lowest BCUT2D eigenvalue weighted by atomic mass is 10.2. The minimum absolute atomic E-state index is 0.0787. The molecule has 0 radical (unpaired) electrons. The number of fused-ring (bicyclic) bond motifs is 1. The van der Waals surface area contributed by atoms with Crippen molar-refractivity contribution in [3.8, 4) is 17.2 Å². The van der Waals surface area contributed by atoms with E-state index in [-0.39, 0.29) is 25.2 Å². The zero-order valence-electron chi connectivity index (χ0n) is 19.1. The molecule has 0 unspecified atom stereocenters. The molecule has 2 heterocycles. The highest BCUT2D eigenvalue weighted by molar-refractivity contribution is 8.26. The van der Waals surface area contributed by atoms with Crippen molar-refractivity contribution in [3.05, 3.63) is 94.4 Å². The van der Waals surface area contributed by atoms with Gasteiger partial charge in [-0.2, -0.15) is 0 Å². The predicted molar refractivity (Wildman–Crippen MR) is 142 cm³/mol. The van der Waals surface area contributed by atoms with E-state index < -0.39 is 0 Å². The van der Waals surface area contributed by atoms with E-state index in [2.05, 4.69) is 5.32 Å². The molecular weight excluding hydrogens is 496 g/mol. The van der Waals surface area contributed by atoms with Crippen molar-refractivity contribution in [2.75, 3.05) is 13.4 Å². The Morgan fingerprint density at radius 1 is 1.03 bits per heavy atom. The van der Waals surface area contributed by atoms with Crippen LogP contribution in [0.2, 0.25) is 0 Å². The van der Waals surface area contributed by atoms with Crippen molar-refractivity contribution in [1.29, 1.82) is 0 Å². The Morgan fingerprint density at radius 3 is 2.61 bits per heavy atom. The first kappa shape index (κ1) is 23.9. The van der Waals surface area contributed by atoms with Crippen LogP contribution in [0.5, 0.6) is 17.2 Å². The summed E-state index contributed by atoms with van der Waals surface area (Å²) in [6.07, 6.45) is 1.80. The van der Waals surface area contributed by atoms with Crippen LogP contribution in [-0.2, 0) is 22.7 Å². The Labute approximate surface area is 218 Å². The first-order chi connectivity index (χ1) is 17.5. The van der Waals surface area contributed by atoms with Crippen molar-refractivity contribution >= 4 is 46.2 Å². The zero-order chi connectivity index (χ0) is 24.9. The number of nitrogens with one attached hydrogen (secondary N) is 1. The summed E-state index contributed by atoms with van der Waals surface area (Å²) in [5.41, 5.74) is 2.77. The van der Waals surface area contributed by atoms with Crippen LogP contribution in [0.15, 0.2) is 77.7 Å². The highest BCUT2D eigenvalue weighted by Gasteiger charge is 2.32. The maximum Gasteiger partial charge on any atom is 0.266 e. The fraction of sp³-hybridized carbons (Fsp3) is 0.148. The number of hydrogen-bond acceptors (Lipinski definition) is 7. The van der Waals surface area contributed by atoms with Gasteiger partial charge in [-0.25, -0.2) is 0 Å². The van der Waals surface area contributed by atoms with Gasteiger partial charge in [-0.3, -0.25) is 14.5 Å². The molecule has 0 atom stereocenters. The van der Waals surface area contributed by atoms with Crippen molar-refractivity contribution < 1.29 is 23.8 Å². The van der Waals surface area contributed by atoms with Crippen LogP contribution in [0.1, 0.15) is 16.7 Å². The van der Waals surface area contributed by atoms with E-state index in [1.165, 1.54) is 11.8 Å². The van der Waals surface area contributed by atoms with Gasteiger partial charge in [-0.1, -0.05) is 72.5 Å². The van der Waals surface area contributed by atoms with Gasteiger partial charge in [0.1, 0.15) is 10.1 Å². The molecule has 0 bridgehead atoms. The molecule has 182 valence electrons. The van der Waals surface area contributed by atoms with Crippen LogP contribution in [0.4, 0.5) is 0 Å². The van der Waals surface area contributed by atoms with E-state index >= 15 is 0 Å². The molecule has 0 saturated carbocycles. The molecule has 0 spiro atoms. The summed E-state index contributed by atoms with van der Waals surface area (Å²) in [6.45, 7) is 0.936. The summed E-state index contributed by atoms with van der Waals surface area (Å²) in [4.78, 5) is 27.2. The van der Waals surface area contributed by atoms with E-state index in [9.17, 15) is 9.59 Å². The van der Waals surface area contributed by atoms with Gasteiger partial charge in [0.2, 0.25) is 6.79 Å². The number of ether oxygens (including phenoxy) is 3. The summed E-state index contributed by atoms with van der Waals surface area (Å²) in [6, 6.07) is 22.5. The number of carbonyl (C=O) groups excluding carboxylic acids is 2. The van der Waals surface area contributed by atoms with Crippen LogP contribution in [0.25, 0.3) is 6.08 Å². The molecule has 0 aliphatic carbocycles. The Kier molecular flexibility index (Phi) is 7.20. The topological polar surface area (TPSA) is 77.1 Å². The SMILES string of the molecule is O=C(COc1ccc(/C=C2\SC(=S)N(Cc3ccc4c(c3)OCO4)C2=O)cc1)NCc1ccccc1. The molecule has 2 amide bonds. The average molecular weight is 519 g/mol. The molecule has 3 aromatic carbocycles. The largest absolute Gasteiger partial charge is 0.484 e. The highest BCUT2D eigenvalue weighted by Crippen LogP contribution is 2.36. The lowest BCUT2D eigenvalue weighted by Gasteiger charge is -2.14. The van der Waals surface area contributed by atoms with Gasteiger partial charge < -0.3 is 19.5 Å². The zero-order valence-corrected chi connectivity index (χ0v) is 20.8. The third-order valence-corrected chi connectivity index (χ3v) is 6.91. The number of thioether (sulfide) groups is 1. The molecule has 9 heteroatoms. The Balaban J connectivity index is 1.15. The summed E-state index contributed by atoms with van der Waals surface area (Å²) in [7, 11) is 0. The molecule has 5 rings (SSSR count). The number of nitrogens with zero attached hydrogens (tertiary/aromatic N) is 1. The third kappa shape index (κ3) is 5.69. The average Bonchev–Trinajstić information content (AvgIpc) is 3.47. The first-order valence-electron chi connectivity index (χ1n) is 11.2. The molecule has 1 N–H and O–H groups in total. The van der Waals surface area contributed by atoms with Crippen LogP contribution in [0, 0.1) is 0 Å². The second kappa shape index (κ2) is 10.8. The van der Waals surface area contributed by atoms with Gasteiger partial charge in [0.05, 0.1) is 11.4 Å². The lowest BCUT2D eigenvalue weighted by molar-refractivity contribution is -0.123. The standard InChI is InChI=1S/C27H22N2O5S2/c30-25(28-14-19-4-2-1-3-5-19)16-32-21-9-6-18(7-10-21)13-24-26(31)29(27(35)36-24)15-20-8-11-22-23(12-20)34-17-33-22/h1-13H,14-17H2,(H,28,30)/b24-13-. The molecule has 2 aliphatic heterocycles. The number of thiocarbonyl (C=S) groups is 1. The van der Waals surface area contributed by atoms with Crippen molar-refractivity contribution in [2.24, 2.45) is 0 Å². The van der Waals surface area contributed by atoms with Crippen molar-refractivity contribution in [2.45, 2.75) is 13.1 Å². The normalized spacial score (nSPS) is 15.4. The second-order valence-electron chi connectivity index (χ2n) is 8.08. The Bertz CT molecular complexity index is 1330. The molecule has 0 aromatic heterocycles. The molecule has 36 heavy (non-hydrogen) atoms. The van der Waals surface area contributed by atoms with Gasteiger partial charge >= 0.3 is 0 Å². The van der Waals surface area contributed by atoms with Crippen molar-refractivity contribution in [1.82, 2.24) is 10.2 Å². The van der Waals surface area contributed by atoms with Gasteiger partial charge in [0, 0.05) is 6.54 Å². The minimum atomic E-state index is -0.200. The predicted octanol–water partition coefficient (Wildman–Crippen LogP) is 4.51. The van der Waals surface area contributed by atoms with Crippen LogP contribution < -0.4 is 19.5 Å². The number of benzene rings is 3. The summed E-state index contributed by atoms with van der Waals surface area (Å²) < 4.78 is 16.8. The maximum absolute atomic E-state index is 13.0. The highest BCUT2D eigenvalue weighted by atomic mass is 32.2. The molecule has 2 aliphatic rings. The summed E-state index contributed by atoms with van der Waals surface area (Å²) in [5.74, 6) is 1.60. The fourth-order valence-corrected chi connectivity index (χ4v) is 4.92. The number of amides is 2. The minimum Gasteiger partial charge on any atom is -0.484 e. The lowest BCUT2D eigenvalue weighted by Crippen LogP contribution is -2.28. The van der Waals surface area contributed by atoms with Gasteiger partial charge in [0.25, 0.3) is 11.8 Å². The van der Waals surface area contributed by atoms with E-state index in [4.69, 9.17) is 26.4 Å². The summed E-state index contributed by atoms with van der Waals surface area (Å²) >= 11 is 6.73. The number of carbonyl (C=O) groups is 2. The monoisotopic (exact) mass is 518 g/mol. The second-order valence-corrected chi connectivity index (χ2v) is 9.75. The van der Waals surface area contributed by atoms with Gasteiger partial charge in [-0.15, -0.1) is 0 Å². The van der Waals surface area contributed by atoms with Gasteiger partial charge in [0.15, 0.2) is 18.1 Å². The van der Waals surface area contributed by atoms with Crippen molar-refractivity contribution in [3.63, 3.8) is 0 Å². The Hall–Kier alpha value is -3.82. The van der Waals surface area contributed by atoms with Crippen LogP contribution >= 0.6 is 24.0 Å². The number of rotatable bonds is 8. The molecule has 7 nitrogen and oxygen atoms in total. The first-order valence-corrected chi connectivity index (χ1v) is 12.4.